The topological polar surface area (TPSA) is 54.0 Å². The molecule has 2 aliphatic carbocycles. The fourth-order valence-electron chi connectivity index (χ4n) is 7.25. The SMILES string of the molecule is CC(C)C(=NC(=N)n1cnc2ccccc21)c1ccc2c(c1)C(C)(C)c1cc3c(cc1-2)C(C)(C)C(C)(C)C3(C)C. The molecule has 0 radical (unpaired) electrons. The predicted molar refractivity (Wildman–Crippen MR) is 168 cm³/mol. The van der Waals surface area contributed by atoms with E-state index >= 15 is 0 Å². The van der Waals surface area contributed by atoms with Crippen LogP contribution in [0.1, 0.15) is 97.1 Å². The maximum Gasteiger partial charge on any atom is 0.228 e. The first kappa shape index (κ1) is 26.7. The van der Waals surface area contributed by atoms with Crippen LogP contribution < -0.4 is 0 Å². The van der Waals surface area contributed by atoms with E-state index in [9.17, 15) is 0 Å². The average molecular weight is 531 g/mol. The molecule has 0 bridgehead atoms. The molecule has 0 saturated heterocycles. The van der Waals surface area contributed by atoms with Crippen LogP contribution in [0.4, 0.5) is 0 Å². The third-order valence-electron chi connectivity index (χ3n) is 11.0. The van der Waals surface area contributed by atoms with E-state index in [0.29, 0.717) is 0 Å². The summed E-state index contributed by atoms with van der Waals surface area (Å²) >= 11 is 0. The highest BCUT2D eigenvalue weighted by Crippen LogP contribution is 2.63. The molecule has 1 N–H and O–H groups in total. The highest BCUT2D eigenvalue weighted by atomic mass is 15.2. The molecule has 1 heterocycles. The third-order valence-corrected chi connectivity index (χ3v) is 11.0. The fraction of sp³-hybridized carbons (Fsp3) is 0.417. The highest BCUT2D eigenvalue weighted by molar-refractivity contribution is 6.09. The van der Waals surface area contributed by atoms with E-state index in [1.807, 2.05) is 24.3 Å². The molecule has 1 aromatic heterocycles. The van der Waals surface area contributed by atoms with Gasteiger partial charge in [-0.1, -0.05) is 99.6 Å². The molecule has 4 aromatic rings. The first-order chi connectivity index (χ1) is 18.6. The number of aromatic nitrogens is 2. The molecule has 4 nitrogen and oxygen atoms in total. The average Bonchev–Trinajstić information content (AvgIpc) is 3.45. The van der Waals surface area contributed by atoms with Gasteiger partial charge < -0.3 is 0 Å². The number of nitrogens with zero attached hydrogens (tertiary/aromatic N) is 3. The summed E-state index contributed by atoms with van der Waals surface area (Å²) in [5.41, 5.74) is 12.4. The summed E-state index contributed by atoms with van der Waals surface area (Å²) in [5.74, 6) is 0.344. The van der Waals surface area contributed by atoms with Crippen LogP contribution in [0.15, 0.2) is 65.9 Å². The summed E-state index contributed by atoms with van der Waals surface area (Å²) in [6.45, 7) is 23.6. The van der Waals surface area contributed by atoms with E-state index in [4.69, 9.17) is 10.4 Å². The molecule has 206 valence electrons. The smallest absolute Gasteiger partial charge is 0.228 e. The van der Waals surface area contributed by atoms with Crippen molar-refractivity contribution in [1.82, 2.24) is 9.55 Å². The van der Waals surface area contributed by atoms with E-state index < -0.39 is 0 Å². The number of rotatable bonds is 2. The molecule has 0 unspecified atom stereocenters. The zero-order valence-electron chi connectivity index (χ0n) is 25.7. The Morgan fingerprint density at radius 1 is 0.775 bits per heavy atom. The van der Waals surface area contributed by atoms with Crippen molar-refractivity contribution in [3.05, 3.63) is 88.7 Å². The lowest BCUT2D eigenvalue weighted by Crippen LogP contribution is -2.42. The fourth-order valence-corrected chi connectivity index (χ4v) is 7.25. The summed E-state index contributed by atoms with van der Waals surface area (Å²) in [5, 5.41) is 8.85. The molecular weight excluding hydrogens is 488 g/mol. The summed E-state index contributed by atoms with van der Waals surface area (Å²) in [7, 11) is 0. The minimum absolute atomic E-state index is 0.0724. The zero-order valence-corrected chi connectivity index (χ0v) is 25.7. The lowest BCUT2D eigenvalue weighted by molar-refractivity contribution is 0.125. The van der Waals surface area contributed by atoms with E-state index in [2.05, 4.69) is 105 Å². The molecule has 0 spiro atoms. The van der Waals surface area contributed by atoms with Gasteiger partial charge in [0.1, 0.15) is 6.33 Å². The number of para-hydroxylation sites is 2. The van der Waals surface area contributed by atoms with E-state index in [-0.39, 0.29) is 33.5 Å². The number of aliphatic imine (C=N–C) groups is 1. The van der Waals surface area contributed by atoms with Gasteiger partial charge in [0, 0.05) is 5.41 Å². The zero-order chi connectivity index (χ0) is 29.0. The third kappa shape index (κ3) is 3.34. The number of hydrogen-bond acceptors (Lipinski definition) is 2. The summed E-state index contributed by atoms with van der Waals surface area (Å²) in [6, 6.07) is 19.7. The summed E-state index contributed by atoms with van der Waals surface area (Å²) < 4.78 is 1.76. The Kier molecular flexibility index (Phi) is 5.50. The van der Waals surface area contributed by atoms with Crippen molar-refractivity contribution in [2.45, 2.75) is 85.5 Å². The Balaban J connectivity index is 1.47. The Morgan fingerprint density at radius 2 is 1.40 bits per heavy atom. The van der Waals surface area contributed by atoms with Gasteiger partial charge in [-0.15, -0.1) is 0 Å². The van der Waals surface area contributed by atoms with E-state index in [1.165, 1.54) is 33.4 Å². The second-order valence-corrected chi connectivity index (χ2v) is 14.3. The first-order valence-corrected chi connectivity index (χ1v) is 14.5. The lowest BCUT2D eigenvalue weighted by Gasteiger charge is -2.44. The van der Waals surface area contributed by atoms with Crippen LogP contribution in [-0.2, 0) is 16.2 Å². The Hall–Kier alpha value is -3.53. The predicted octanol–water partition coefficient (Wildman–Crippen LogP) is 8.87. The van der Waals surface area contributed by atoms with Crippen molar-refractivity contribution < 1.29 is 0 Å². The minimum atomic E-state index is -0.126. The molecule has 40 heavy (non-hydrogen) atoms. The number of imidazole rings is 1. The van der Waals surface area contributed by atoms with Crippen LogP contribution in [0, 0.1) is 16.7 Å². The maximum absolute atomic E-state index is 8.85. The van der Waals surface area contributed by atoms with Gasteiger partial charge in [-0.2, -0.15) is 0 Å². The van der Waals surface area contributed by atoms with Crippen molar-refractivity contribution in [2.24, 2.45) is 16.3 Å². The van der Waals surface area contributed by atoms with Crippen molar-refractivity contribution in [1.29, 1.82) is 5.41 Å². The monoisotopic (exact) mass is 530 g/mol. The number of benzene rings is 3. The van der Waals surface area contributed by atoms with Crippen LogP contribution in [0.3, 0.4) is 0 Å². The molecule has 0 amide bonds. The van der Waals surface area contributed by atoms with Gasteiger partial charge in [0.15, 0.2) is 0 Å². The van der Waals surface area contributed by atoms with Crippen molar-refractivity contribution in [2.75, 3.05) is 0 Å². The number of hydrogen-bond donors (Lipinski definition) is 1. The maximum atomic E-state index is 8.85. The van der Waals surface area contributed by atoms with Crippen molar-refractivity contribution in [3.8, 4) is 11.1 Å². The van der Waals surface area contributed by atoms with E-state index in [1.54, 1.807) is 10.9 Å². The molecule has 0 atom stereocenters. The lowest BCUT2D eigenvalue weighted by atomic mass is 9.59. The van der Waals surface area contributed by atoms with Gasteiger partial charge in [-0.25, -0.2) is 9.98 Å². The van der Waals surface area contributed by atoms with E-state index in [0.717, 1.165) is 22.3 Å². The molecule has 2 aliphatic rings. The number of fused-ring (bicyclic) bond motifs is 5. The van der Waals surface area contributed by atoms with Gasteiger partial charge in [0.25, 0.3) is 0 Å². The molecule has 6 rings (SSSR count). The van der Waals surface area contributed by atoms with Crippen LogP contribution in [-0.4, -0.2) is 21.2 Å². The largest absolute Gasteiger partial charge is 0.267 e. The Labute approximate surface area is 239 Å². The van der Waals surface area contributed by atoms with Crippen LogP contribution in [0.5, 0.6) is 0 Å². The second-order valence-electron chi connectivity index (χ2n) is 14.3. The minimum Gasteiger partial charge on any atom is -0.267 e. The molecule has 0 fully saturated rings. The molecule has 4 heteroatoms. The molecule has 0 saturated carbocycles. The summed E-state index contributed by atoms with van der Waals surface area (Å²) in [4.78, 5) is 9.35. The summed E-state index contributed by atoms with van der Waals surface area (Å²) in [6.07, 6.45) is 1.69. The Bertz CT molecular complexity index is 1740. The van der Waals surface area contributed by atoms with Crippen molar-refractivity contribution >= 4 is 22.7 Å². The number of nitrogens with one attached hydrogen (secondary N) is 1. The second kappa shape index (κ2) is 8.25. The Morgan fingerprint density at radius 3 is 2.08 bits per heavy atom. The van der Waals surface area contributed by atoms with Gasteiger partial charge in [0.2, 0.25) is 5.96 Å². The van der Waals surface area contributed by atoms with Gasteiger partial charge in [-0.05, 0) is 85.4 Å². The highest BCUT2D eigenvalue weighted by Gasteiger charge is 2.57. The van der Waals surface area contributed by atoms with Crippen LogP contribution in [0.25, 0.3) is 22.2 Å². The molecular formula is C36H42N4. The van der Waals surface area contributed by atoms with Gasteiger partial charge in [0.05, 0.1) is 16.7 Å². The van der Waals surface area contributed by atoms with Gasteiger partial charge >= 0.3 is 0 Å². The standard InChI is InChI=1S/C36H42N4/c1-21(2)31(39-32(37)40-20-38-29-13-11-12-14-30(29)40)22-15-16-23-24-18-27-28(19-26(24)33(3,4)25(23)17-22)35(7,8)36(9,10)34(27,5)6/h11-21,37H,1-10H3. The quantitative estimate of drug-likeness (QED) is 0.204. The first-order valence-electron chi connectivity index (χ1n) is 14.5. The molecule has 0 aliphatic heterocycles. The van der Waals surface area contributed by atoms with Crippen LogP contribution >= 0.6 is 0 Å². The van der Waals surface area contributed by atoms with Crippen LogP contribution in [0.2, 0.25) is 0 Å². The normalized spacial score (nSPS) is 19.5. The molecule has 3 aromatic carbocycles. The van der Waals surface area contributed by atoms with Gasteiger partial charge in [-0.3, -0.25) is 9.98 Å². The van der Waals surface area contributed by atoms with Crippen molar-refractivity contribution in [3.63, 3.8) is 0 Å².